The van der Waals surface area contributed by atoms with E-state index in [-0.39, 0.29) is 23.8 Å². The van der Waals surface area contributed by atoms with E-state index in [2.05, 4.69) is 9.97 Å². The summed E-state index contributed by atoms with van der Waals surface area (Å²) in [5.74, 6) is -0.822. The van der Waals surface area contributed by atoms with Crippen molar-refractivity contribution in [2.75, 3.05) is 7.11 Å². The fourth-order valence-electron chi connectivity index (χ4n) is 4.08. The van der Waals surface area contributed by atoms with E-state index < -0.39 is 17.7 Å². The van der Waals surface area contributed by atoms with E-state index in [0.29, 0.717) is 22.6 Å². The SMILES string of the molecule is COc1ccc(/C(O)=C2/C(=O)C(=O)N(Cc3ccccn3)C2c2cccnc2)cc1C(C)C. The maximum Gasteiger partial charge on any atom is 0.296 e. The number of aromatic nitrogens is 2. The number of benzene rings is 1. The van der Waals surface area contributed by atoms with Crippen LogP contribution in [0, 0.1) is 0 Å². The van der Waals surface area contributed by atoms with Crippen LogP contribution in [-0.4, -0.2) is 38.8 Å². The van der Waals surface area contributed by atoms with Crippen LogP contribution >= 0.6 is 0 Å². The summed E-state index contributed by atoms with van der Waals surface area (Å²) in [5.41, 5.74) is 2.64. The molecule has 0 aliphatic carbocycles. The Hall–Kier alpha value is -4.00. The number of ether oxygens (including phenoxy) is 1. The summed E-state index contributed by atoms with van der Waals surface area (Å²) < 4.78 is 5.44. The topological polar surface area (TPSA) is 92.6 Å². The number of hydrogen-bond donors (Lipinski definition) is 1. The lowest BCUT2D eigenvalue weighted by Crippen LogP contribution is -2.29. The third kappa shape index (κ3) is 4.22. The molecule has 1 aliphatic heterocycles. The molecule has 1 N–H and O–H groups in total. The quantitative estimate of drug-likeness (QED) is 0.348. The van der Waals surface area contributed by atoms with Crippen LogP contribution in [0.3, 0.4) is 0 Å². The van der Waals surface area contributed by atoms with Crippen molar-refractivity contribution in [2.24, 2.45) is 0 Å². The minimum Gasteiger partial charge on any atom is -0.507 e. The standard InChI is InChI=1S/C26H25N3O4/c1-16(2)20-13-17(9-10-21(20)33-3)24(30)22-23(18-7-6-11-27-14-18)29(26(32)25(22)31)15-19-8-4-5-12-28-19/h4-14,16,23,30H,15H2,1-3H3/b24-22-. The van der Waals surface area contributed by atoms with Gasteiger partial charge in [0.2, 0.25) is 0 Å². The molecule has 168 valence electrons. The van der Waals surface area contributed by atoms with Gasteiger partial charge in [0.25, 0.3) is 11.7 Å². The number of hydrogen-bond acceptors (Lipinski definition) is 6. The van der Waals surface area contributed by atoms with Crippen LogP contribution in [0.15, 0.2) is 72.7 Å². The van der Waals surface area contributed by atoms with E-state index in [1.165, 1.54) is 4.90 Å². The van der Waals surface area contributed by atoms with E-state index in [0.717, 1.165) is 5.56 Å². The number of ketones is 1. The molecule has 0 bridgehead atoms. The van der Waals surface area contributed by atoms with Gasteiger partial charge < -0.3 is 14.7 Å². The Balaban J connectivity index is 1.86. The van der Waals surface area contributed by atoms with Crippen molar-refractivity contribution in [3.05, 3.63) is 95.1 Å². The second-order valence-corrected chi connectivity index (χ2v) is 8.15. The van der Waals surface area contributed by atoms with Gasteiger partial charge in [-0.3, -0.25) is 19.6 Å². The first kappa shape index (κ1) is 22.2. The number of carbonyl (C=O) groups is 2. The van der Waals surface area contributed by atoms with E-state index in [4.69, 9.17) is 4.74 Å². The highest BCUT2D eigenvalue weighted by Gasteiger charge is 2.46. The van der Waals surface area contributed by atoms with Crippen LogP contribution in [0.2, 0.25) is 0 Å². The minimum absolute atomic E-state index is 0.0313. The van der Waals surface area contributed by atoms with Crippen LogP contribution in [-0.2, 0) is 16.1 Å². The van der Waals surface area contributed by atoms with E-state index >= 15 is 0 Å². The van der Waals surface area contributed by atoms with Gasteiger partial charge in [-0.25, -0.2) is 0 Å². The van der Waals surface area contributed by atoms with Crippen molar-refractivity contribution in [1.29, 1.82) is 0 Å². The van der Waals surface area contributed by atoms with E-state index in [1.807, 2.05) is 19.9 Å². The fraction of sp³-hybridized carbons (Fsp3) is 0.231. The van der Waals surface area contributed by atoms with Crippen LogP contribution in [0.5, 0.6) is 5.75 Å². The Labute approximate surface area is 192 Å². The summed E-state index contributed by atoms with van der Waals surface area (Å²) in [5, 5.41) is 11.3. The first-order valence-corrected chi connectivity index (χ1v) is 10.7. The number of Topliss-reactive ketones (excluding diaryl/α,β-unsaturated/α-hetero) is 1. The monoisotopic (exact) mass is 443 g/mol. The molecule has 1 saturated heterocycles. The molecule has 0 radical (unpaired) electrons. The van der Waals surface area contributed by atoms with Gasteiger partial charge in [-0.2, -0.15) is 0 Å². The molecule has 1 unspecified atom stereocenters. The highest BCUT2D eigenvalue weighted by atomic mass is 16.5. The number of rotatable bonds is 6. The van der Waals surface area contributed by atoms with Gasteiger partial charge in [-0.15, -0.1) is 0 Å². The molecule has 33 heavy (non-hydrogen) atoms. The molecular formula is C26H25N3O4. The number of aliphatic hydroxyl groups excluding tert-OH is 1. The number of nitrogens with zero attached hydrogens (tertiary/aromatic N) is 3. The highest BCUT2D eigenvalue weighted by Crippen LogP contribution is 2.40. The fourth-order valence-corrected chi connectivity index (χ4v) is 4.08. The Kier molecular flexibility index (Phi) is 6.22. The van der Waals surface area contributed by atoms with Crippen molar-refractivity contribution in [2.45, 2.75) is 32.4 Å². The largest absolute Gasteiger partial charge is 0.507 e. The van der Waals surface area contributed by atoms with Gasteiger partial charge in [0, 0.05) is 24.2 Å². The number of pyridine rings is 2. The maximum absolute atomic E-state index is 13.2. The second-order valence-electron chi connectivity index (χ2n) is 8.15. The minimum atomic E-state index is -0.787. The molecule has 3 heterocycles. The lowest BCUT2D eigenvalue weighted by Gasteiger charge is -2.24. The molecule has 0 spiro atoms. The first-order chi connectivity index (χ1) is 15.9. The van der Waals surface area contributed by atoms with Crippen molar-refractivity contribution in [1.82, 2.24) is 14.9 Å². The highest BCUT2D eigenvalue weighted by molar-refractivity contribution is 6.46. The zero-order chi connectivity index (χ0) is 23.5. The number of aliphatic hydroxyl groups is 1. The molecule has 1 atom stereocenters. The third-order valence-electron chi connectivity index (χ3n) is 5.72. The number of amides is 1. The average Bonchev–Trinajstić information content (AvgIpc) is 3.09. The van der Waals surface area contributed by atoms with Gasteiger partial charge in [-0.05, 0) is 53.4 Å². The zero-order valence-electron chi connectivity index (χ0n) is 18.7. The van der Waals surface area contributed by atoms with Gasteiger partial charge in [0.1, 0.15) is 11.5 Å². The predicted octanol–water partition coefficient (Wildman–Crippen LogP) is 4.23. The molecule has 7 nitrogen and oxygen atoms in total. The van der Waals surface area contributed by atoms with E-state index in [9.17, 15) is 14.7 Å². The number of methoxy groups -OCH3 is 1. The molecular weight excluding hydrogens is 418 g/mol. The smallest absolute Gasteiger partial charge is 0.296 e. The molecule has 0 saturated carbocycles. The average molecular weight is 444 g/mol. The molecule has 1 aromatic carbocycles. The van der Waals surface area contributed by atoms with Gasteiger partial charge in [0.05, 0.1) is 31.0 Å². The second kappa shape index (κ2) is 9.24. The molecule has 7 heteroatoms. The van der Waals surface area contributed by atoms with Crippen molar-refractivity contribution in [3.63, 3.8) is 0 Å². The normalized spacial score (nSPS) is 17.6. The molecule has 2 aromatic heterocycles. The molecule has 1 amide bonds. The molecule has 4 rings (SSSR count). The molecule has 3 aromatic rings. The van der Waals surface area contributed by atoms with Crippen LogP contribution in [0.1, 0.15) is 48.2 Å². The van der Waals surface area contributed by atoms with Crippen LogP contribution in [0.25, 0.3) is 5.76 Å². The summed E-state index contributed by atoms with van der Waals surface area (Å²) in [4.78, 5) is 36.1. The van der Waals surface area contributed by atoms with Crippen LogP contribution < -0.4 is 4.74 Å². The van der Waals surface area contributed by atoms with E-state index in [1.54, 1.807) is 68.2 Å². The summed E-state index contributed by atoms with van der Waals surface area (Å²) in [7, 11) is 1.59. The summed E-state index contributed by atoms with van der Waals surface area (Å²) in [6.45, 7) is 4.16. The Morgan fingerprint density at radius 2 is 1.94 bits per heavy atom. The number of carbonyl (C=O) groups excluding carboxylic acids is 2. The zero-order valence-corrected chi connectivity index (χ0v) is 18.7. The summed E-state index contributed by atoms with van der Waals surface area (Å²) in [6.07, 6.45) is 4.85. The van der Waals surface area contributed by atoms with Gasteiger partial charge in [-0.1, -0.05) is 26.0 Å². The Morgan fingerprint density at radius 1 is 1.12 bits per heavy atom. The lowest BCUT2D eigenvalue weighted by atomic mass is 9.93. The van der Waals surface area contributed by atoms with Crippen molar-refractivity contribution >= 4 is 17.4 Å². The predicted molar refractivity (Wildman–Crippen MR) is 123 cm³/mol. The van der Waals surface area contributed by atoms with Crippen molar-refractivity contribution < 1.29 is 19.4 Å². The maximum atomic E-state index is 13.2. The van der Waals surface area contributed by atoms with Gasteiger partial charge >= 0.3 is 0 Å². The summed E-state index contributed by atoms with van der Waals surface area (Å²) in [6, 6.07) is 13.4. The first-order valence-electron chi connectivity index (χ1n) is 10.7. The molecule has 1 aliphatic rings. The Bertz CT molecular complexity index is 1210. The third-order valence-corrected chi connectivity index (χ3v) is 5.72. The lowest BCUT2D eigenvalue weighted by molar-refractivity contribution is -0.140. The number of likely N-dealkylation sites (tertiary alicyclic amines) is 1. The summed E-state index contributed by atoms with van der Waals surface area (Å²) >= 11 is 0. The van der Waals surface area contributed by atoms with Gasteiger partial charge in [0.15, 0.2) is 0 Å². The Morgan fingerprint density at radius 3 is 2.58 bits per heavy atom. The van der Waals surface area contributed by atoms with Crippen LogP contribution in [0.4, 0.5) is 0 Å². The van der Waals surface area contributed by atoms with Crippen molar-refractivity contribution in [3.8, 4) is 5.75 Å². The molecule has 1 fully saturated rings.